The first kappa shape index (κ1) is 21.3. The number of hydrogen-bond donors (Lipinski definition) is 2. The van der Waals surface area contributed by atoms with Crippen LogP contribution in [0.4, 0.5) is 5.69 Å². The van der Waals surface area contributed by atoms with Crippen LogP contribution in [0.25, 0.3) is 0 Å². The predicted molar refractivity (Wildman–Crippen MR) is 121 cm³/mol. The molecule has 142 valence electrons. The number of rotatable bonds is 5. The Morgan fingerprint density at radius 1 is 1.07 bits per heavy atom. The van der Waals surface area contributed by atoms with Crippen LogP contribution in [0.15, 0.2) is 42.5 Å². The lowest BCUT2D eigenvalue weighted by Crippen LogP contribution is -2.34. The van der Waals surface area contributed by atoms with Crippen LogP contribution in [0, 0.1) is 10.5 Å². The molecule has 5 nitrogen and oxygen atoms in total. The van der Waals surface area contributed by atoms with Gasteiger partial charge in [0.05, 0.1) is 0 Å². The molecule has 0 aliphatic carbocycles. The summed E-state index contributed by atoms with van der Waals surface area (Å²) in [6.45, 7) is 7.18. The summed E-state index contributed by atoms with van der Waals surface area (Å²) < 4.78 is 1.02. The highest BCUT2D eigenvalue weighted by molar-refractivity contribution is 14.1. The quantitative estimate of drug-likeness (QED) is 0.482. The van der Waals surface area contributed by atoms with E-state index in [2.05, 4.69) is 33.2 Å². The fraction of sp³-hybridized carbons (Fsp3) is 0.250. The van der Waals surface area contributed by atoms with Gasteiger partial charge in [-0.15, -0.1) is 0 Å². The molecule has 0 aliphatic rings. The molecule has 0 aliphatic heterocycles. The summed E-state index contributed by atoms with van der Waals surface area (Å²) >= 11 is 7.43. The Kier molecular flexibility index (Phi) is 7.73. The van der Waals surface area contributed by atoms with E-state index in [1.807, 2.05) is 32.9 Å². The lowest BCUT2D eigenvalue weighted by atomic mass is 10.1. The van der Waals surface area contributed by atoms with Crippen LogP contribution in [0.2, 0.25) is 0 Å². The molecule has 7 heteroatoms. The van der Waals surface area contributed by atoms with Crippen LogP contribution >= 0.6 is 34.8 Å². The fourth-order valence-electron chi connectivity index (χ4n) is 2.50. The second kappa shape index (κ2) is 9.80. The third kappa shape index (κ3) is 5.74. The number of aryl methyl sites for hydroxylation is 1. The highest BCUT2D eigenvalue weighted by atomic mass is 127. The van der Waals surface area contributed by atoms with Crippen molar-refractivity contribution >= 4 is 57.4 Å². The zero-order chi connectivity index (χ0) is 20.0. The van der Waals surface area contributed by atoms with Crippen LogP contribution in [-0.4, -0.2) is 34.9 Å². The molecule has 0 spiro atoms. The van der Waals surface area contributed by atoms with Gasteiger partial charge in [0.1, 0.15) is 0 Å². The topological polar surface area (TPSA) is 61.4 Å². The van der Waals surface area contributed by atoms with E-state index < -0.39 is 0 Å². The highest BCUT2D eigenvalue weighted by Crippen LogP contribution is 2.15. The highest BCUT2D eigenvalue weighted by Gasteiger charge is 2.13. The number of nitrogens with zero attached hydrogens (tertiary/aromatic N) is 1. The van der Waals surface area contributed by atoms with Crippen molar-refractivity contribution in [3.63, 3.8) is 0 Å². The zero-order valence-electron chi connectivity index (χ0n) is 15.5. The first-order chi connectivity index (χ1) is 12.8. The zero-order valence-corrected chi connectivity index (χ0v) is 18.5. The van der Waals surface area contributed by atoms with Crippen LogP contribution < -0.4 is 10.6 Å². The summed E-state index contributed by atoms with van der Waals surface area (Å²) in [5.74, 6) is -0.311. The van der Waals surface area contributed by atoms with Crippen LogP contribution in [0.5, 0.6) is 0 Å². The van der Waals surface area contributed by atoms with Crippen molar-refractivity contribution < 1.29 is 9.59 Å². The Morgan fingerprint density at radius 3 is 2.41 bits per heavy atom. The van der Waals surface area contributed by atoms with E-state index in [9.17, 15) is 9.59 Å². The number of amides is 2. The van der Waals surface area contributed by atoms with E-state index in [1.165, 1.54) is 0 Å². The number of anilines is 1. The van der Waals surface area contributed by atoms with Gasteiger partial charge in [0.25, 0.3) is 11.8 Å². The van der Waals surface area contributed by atoms with Gasteiger partial charge >= 0.3 is 0 Å². The fourth-order valence-corrected chi connectivity index (χ4v) is 3.22. The number of thiocarbonyl (C=S) groups is 1. The van der Waals surface area contributed by atoms with Crippen molar-refractivity contribution in [2.45, 2.75) is 20.8 Å². The summed E-state index contributed by atoms with van der Waals surface area (Å²) in [5, 5.41) is 5.82. The number of halogens is 1. The Hall–Kier alpha value is -2.00. The first-order valence-corrected chi connectivity index (χ1v) is 10.1. The van der Waals surface area contributed by atoms with Crippen molar-refractivity contribution in [3.8, 4) is 0 Å². The van der Waals surface area contributed by atoms with Gasteiger partial charge in [0.2, 0.25) is 0 Å². The molecule has 0 radical (unpaired) electrons. The SMILES string of the molecule is CCN(CC)C(=O)c1cccc(NC(=S)NC(=O)c2ccc(C)c(I)c2)c1. The first-order valence-electron chi connectivity index (χ1n) is 8.63. The normalized spacial score (nSPS) is 10.2. The molecule has 0 heterocycles. The van der Waals surface area contributed by atoms with Crippen molar-refractivity contribution in [1.29, 1.82) is 0 Å². The van der Waals surface area contributed by atoms with E-state index >= 15 is 0 Å². The number of carbonyl (C=O) groups excluding carboxylic acids is 2. The van der Waals surface area contributed by atoms with E-state index in [0.29, 0.717) is 29.9 Å². The number of hydrogen-bond acceptors (Lipinski definition) is 3. The molecule has 0 saturated carbocycles. The predicted octanol–water partition coefficient (Wildman–Crippen LogP) is 4.21. The second-order valence-corrected chi connectivity index (χ2v) is 7.50. The van der Waals surface area contributed by atoms with Crippen LogP contribution in [0.3, 0.4) is 0 Å². The minimum atomic E-state index is -0.277. The largest absolute Gasteiger partial charge is 0.339 e. The smallest absolute Gasteiger partial charge is 0.257 e. The van der Waals surface area contributed by atoms with Gasteiger partial charge in [-0.25, -0.2) is 0 Å². The Bertz CT molecular complexity index is 866. The van der Waals surface area contributed by atoms with Gasteiger partial charge in [-0.1, -0.05) is 12.1 Å². The van der Waals surface area contributed by atoms with E-state index in [1.54, 1.807) is 35.2 Å². The molecule has 27 heavy (non-hydrogen) atoms. The lowest BCUT2D eigenvalue weighted by molar-refractivity contribution is 0.0772. The second-order valence-electron chi connectivity index (χ2n) is 5.93. The maximum atomic E-state index is 12.5. The van der Waals surface area contributed by atoms with E-state index in [4.69, 9.17) is 12.2 Å². The monoisotopic (exact) mass is 495 g/mol. The van der Waals surface area contributed by atoms with Crippen LogP contribution in [-0.2, 0) is 0 Å². The summed E-state index contributed by atoms with van der Waals surface area (Å²) in [6, 6.07) is 12.6. The molecule has 2 rings (SSSR count). The van der Waals surface area contributed by atoms with Crippen molar-refractivity contribution in [1.82, 2.24) is 10.2 Å². The summed E-state index contributed by atoms with van der Waals surface area (Å²) in [6.07, 6.45) is 0. The maximum absolute atomic E-state index is 12.5. The van der Waals surface area contributed by atoms with Gasteiger partial charge in [-0.3, -0.25) is 14.9 Å². The molecule has 2 N–H and O–H groups in total. The summed E-state index contributed by atoms with van der Waals surface area (Å²) in [5.41, 5.74) is 2.88. The van der Waals surface area contributed by atoms with E-state index in [0.717, 1.165) is 9.13 Å². The number of carbonyl (C=O) groups is 2. The summed E-state index contributed by atoms with van der Waals surface area (Å²) in [4.78, 5) is 26.6. The molecular formula is C20H22IN3O2S. The van der Waals surface area contributed by atoms with E-state index in [-0.39, 0.29) is 16.9 Å². The van der Waals surface area contributed by atoms with Gasteiger partial charge < -0.3 is 10.2 Å². The summed E-state index contributed by atoms with van der Waals surface area (Å²) in [7, 11) is 0. The van der Waals surface area contributed by atoms with Crippen molar-refractivity contribution in [3.05, 3.63) is 62.7 Å². The molecule has 0 aromatic heterocycles. The van der Waals surface area contributed by atoms with Crippen molar-refractivity contribution in [2.75, 3.05) is 18.4 Å². The third-order valence-corrected chi connectivity index (χ3v) is 5.45. The number of benzene rings is 2. The molecule has 2 aromatic rings. The number of nitrogens with one attached hydrogen (secondary N) is 2. The molecule has 0 saturated heterocycles. The third-order valence-electron chi connectivity index (χ3n) is 4.08. The molecule has 2 amide bonds. The van der Waals surface area contributed by atoms with Gasteiger partial charge in [0.15, 0.2) is 5.11 Å². The average molecular weight is 495 g/mol. The standard InChI is InChI=1S/C20H22IN3O2S/c1-4-24(5-2)19(26)15-7-6-8-16(11-15)22-20(27)23-18(25)14-10-9-13(3)17(21)12-14/h6-12H,4-5H2,1-3H3,(H2,22,23,25,27). The minimum Gasteiger partial charge on any atom is -0.339 e. The molecule has 0 bridgehead atoms. The molecule has 0 unspecified atom stereocenters. The minimum absolute atomic E-state index is 0.0344. The Labute approximate surface area is 178 Å². The molecule has 0 fully saturated rings. The maximum Gasteiger partial charge on any atom is 0.257 e. The van der Waals surface area contributed by atoms with Gasteiger partial charge in [-0.05, 0) is 91.5 Å². The molecule has 2 aromatic carbocycles. The Morgan fingerprint density at radius 2 is 1.78 bits per heavy atom. The average Bonchev–Trinajstić information content (AvgIpc) is 2.64. The van der Waals surface area contributed by atoms with Crippen LogP contribution in [0.1, 0.15) is 40.1 Å². The molecular weight excluding hydrogens is 473 g/mol. The van der Waals surface area contributed by atoms with Gasteiger partial charge in [-0.2, -0.15) is 0 Å². The van der Waals surface area contributed by atoms with Gasteiger partial charge in [0, 0.05) is 33.5 Å². The molecule has 0 atom stereocenters. The Balaban J connectivity index is 2.05. The lowest BCUT2D eigenvalue weighted by Gasteiger charge is -2.19. The van der Waals surface area contributed by atoms with Crippen molar-refractivity contribution in [2.24, 2.45) is 0 Å².